The second-order valence-corrected chi connectivity index (χ2v) is 28.6. The predicted molar refractivity (Wildman–Crippen MR) is 256 cm³/mol. The van der Waals surface area contributed by atoms with E-state index in [0.717, 1.165) is 0 Å². The van der Waals surface area contributed by atoms with Gasteiger partial charge in [-0.25, -0.2) is 24.3 Å². The Morgan fingerprint density at radius 2 is 0.596 bits per heavy atom. The Bertz CT molecular complexity index is 2110. The molecule has 0 amide bonds. The summed E-state index contributed by atoms with van der Waals surface area (Å²) in [5, 5.41) is 9.98. The molecule has 297 valence electrons. The first kappa shape index (κ1) is 45.7. The number of hydrogen-bond donors (Lipinski definition) is 0. The van der Waals surface area contributed by atoms with Crippen LogP contribution in [0.5, 0.6) is 0 Å². The molecule has 0 spiro atoms. The summed E-state index contributed by atoms with van der Waals surface area (Å²) in [5.74, 6) is 7.94. The molecule has 0 saturated carbocycles. The van der Waals surface area contributed by atoms with Crippen molar-refractivity contribution >= 4 is 59.2 Å². The third-order valence-electron chi connectivity index (χ3n) is 12.5. The summed E-state index contributed by atoms with van der Waals surface area (Å²) in [4.78, 5) is 0. The molecule has 0 aliphatic carbocycles. The van der Waals surface area contributed by atoms with Crippen molar-refractivity contribution in [2.45, 2.75) is 116 Å². The number of fused-ring (bicyclic) bond motifs is 4. The Morgan fingerprint density at radius 3 is 0.772 bits per heavy atom. The van der Waals surface area contributed by atoms with Crippen LogP contribution in [-0.2, 0) is 19.5 Å². The summed E-state index contributed by atoms with van der Waals surface area (Å²) in [6.07, 6.45) is 0. The Hall–Kier alpha value is -3.98. The molecule has 0 unspecified atom stereocenters. The number of benzene rings is 5. The van der Waals surface area contributed by atoms with Crippen molar-refractivity contribution in [3.05, 3.63) is 145 Å². The van der Waals surface area contributed by atoms with Gasteiger partial charge in [-0.2, -0.15) is 36.4 Å². The van der Waals surface area contributed by atoms with Crippen molar-refractivity contribution in [1.82, 2.24) is 0 Å². The molecular formula is C54H64RhSi2. The molecule has 0 nitrogen and oxygen atoms in total. The van der Waals surface area contributed by atoms with Crippen LogP contribution >= 0.6 is 0 Å². The maximum atomic E-state index is 4.11. The fourth-order valence-corrected chi connectivity index (χ4v) is 20.1. The van der Waals surface area contributed by atoms with Crippen LogP contribution in [0.3, 0.4) is 0 Å². The van der Waals surface area contributed by atoms with Gasteiger partial charge in [0.1, 0.15) is 16.1 Å². The second kappa shape index (κ2) is 20.1. The summed E-state index contributed by atoms with van der Waals surface area (Å²) in [6, 6.07) is 47.2. The van der Waals surface area contributed by atoms with Crippen LogP contribution in [0.25, 0.3) is 43.1 Å². The normalized spacial score (nSPS) is 11.7. The van der Waals surface area contributed by atoms with E-state index in [0.29, 0.717) is 33.2 Å². The summed E-state index contributed by atoms with van der Waals surface area (Å²) in [5.41, 5.74) is 14.0. The van der Waals surface area contributed by atoms with Gasteiger partial charge in [0.05, 0.1) is 0 Å². The van der Waals surface area contributed by atoms with Crippen LogP contribution in [0.2, 0.25) is 33.2 Å². The zero-order valence-electron chi connectivity index (χ0n) is 36.5. The minimum absolute atomic E-state index is 0. The molecule has 0 aromatic heterocycles. The molecule has 0 aliphatic heterocycles. The zero-order valence-corrected chi connectivity index (χ0v) is 40.1. The topological polar surface area (TPSA) is 0 Å². The van der Waals surface area contributed by atoms with E-state index < -0.39 is 16.1 Å². The van der Waals surface area contributed by atoms with E-state index in [-0.39, 0.29) is 19.5 Å². The molecule has 7 aromatic rings. The van der Waals surface area contributed by atoms with E-state index in [4.69, 9.17) is 0 Å². The summed E-state index contributed by atoms with van der Waals surface area (Å²) >= 11 is 0. The van der Waals surface area contributed by atoms with Crippen LogP contribution in [-0.4, -0.2) is 16.1 Å². The molecular weight excluding hydrogens is 808 g/mol. The molecule has 0 atom stereocenters. The third-order valence-corrected chi connectivity index (χ3v) is 25.1. The standard InChI is InChI=1S/C44H54Si2.2C5H5.Rh/c1-29(2)45(30(3)4,31(5)6)23-21-39-41-25-35-17-13-15-19-37(35)27-43(41)40(22-24-46(32(7)8,33(9)10)34(11)12)44-28-38-20-16-14-18-36(38)26-42(39)44;2*1-2-4-5-3-1;/h13-20,25-34H,1-12H3;2*1-5H;/q;2*-1;+2. The first-order valence-electron chi connectivity index (χ1n) is 21.0. The van der Waals surface area contributed by atoms with E-state index in [2.05, 4.69) is 179 Å². The molecule has 0 bridgehead atoms. The van der Waals surface area contributed by atoms with Gasteiger partial charge in [-0.05, 0) is 101 Å². The summed E-state index contributed by atoms with van der Waals surface area (Å²) in [7, 11) is -3.93. The van der Waals surface area contributed by atoms with Gasteiger partial charge in [0.2, 0.25) is 0 Å². The fourth-order valence-electron chi connectivity index (χ4n) is 9.72. The molecule has 0 heterocycles. The first-order chi connectivity index (χ1) is 26.7. The van der Waals surface area contributed by atoms with Gasteiger partial charge in [-0.3, -0.25) is 0 Å². The largest absolute Gasteiger partial charge is 2.00 e. The molecule has 0 fully saturated rings. The van der Waals surface area contributed by atoms with E-state index in [1.807, 2.05) is 60.7 Å². The van der Waals surface area contributed by atoms with E-state index >= 15 is 0 Å². The number of hydrogen-bond acceptors (Lipinski definition) is 0. The molecule has 0 aliphatic rings. The fraction of sp³-hybridized carbons (Fsp3) is 0.333. The van der Waals surface area contributed by atoms with Crippen molar-refractivity contribution in [3.8, 4) is 22.9 Å². The van der Waals surface area contributed by atoms with Crippen LogP contribution in [0.4, 0.5) is 0 Å². The average Bonchev–Trinajstić information content (AvgIpc) is 3.94. The van der Waals surface area contributed by atoms with Gasteiger partial charge in [0.25, 0.3) is 0 Å². The van der Waals surface area contributed by atoms with Crippen LogP contribution < -0.4 is 0 Å². The Morgan fingerprint density at radius 1 is 0.368 bits per heavy atom. The molecule has 0 saturated heterocycles. The zero-order chi connectivity index (χ0) is 40.6. The van der Waals surface area contributed by atoms with Crippen molar-refractivity contribution in [1.29, 1.82) is 0 Å². The van der Waals surface area contributed by atoms with Gasteiger partial charge in [-0.15, -0.1) is 11.1 Å². The second-order valence-electron chi connectivity index (χ2n) is 17.5. The van der Waals surface area contributed by atoms with Crippen LogP contribution in [0, 0.1) is 22.9 Å². The van der Waals surface area contributed by atoms with E-state index in [9.17, 15) is 0 Å². The Kier molecular flexibility index (Phi) is 16.1. The minimum atomic E-state index is -1.97. The molecule has 7 rings (SSSR count). The molecule has 0 N–H and O–H groups in total. The van der Waals surface area contributed by atoms with Crippen molar-refractivity contribution in [2.24, 2.45) is 0 Å². The minimum Gasteiger partial charge on any atom is -0.214 e. The van der Waals surface area contributed by atoms with Gasteiger partial charge in [0.15, 0.2) is 0 Å². The molecule has 7 aromatic carbocycles. The van der Waals surface area contributed by atoms with Crippen LogP contribution in [0.15, 0.2) is 133 Å². The Balaban J connectivity index is 0.000000569. The summed E-state index contributed by atoms with van der Waals surface area (Å²) in [6.45, 7) is 28.9. The van der Waals surface area contributed by atoms with E-state index in [1.165, 1.54) is 54.2 Å². The molecule has 3 heteroatoms. The van der Waals surface area contributed by atoms with Crippen LogP contribution in [0.1, 0.15) is 94.2 Å². The summed E-state index contributed by atoms with van der Waals surface area (Å²) < 4.78 is 0. The molecule has 57 heavy (non-hydrogen) atoms. The average molecular weight is 872 g/mol. The van der Waals surface area contributed by atoms with Gasteiger partial charge < -0.3 is 0 Å². The van der Waals surface area contributed by atoms with Gasteiger partial charge in [-0.1, -0.05) is 143 Å². The number of rotatable bonds is 6. The Labute approximate surface area is 360 Å². The predicted octanol–water partition coefficient (Wildman–Crippen LogP) is 16.2. The first-order valence-corrected chi connectivity index (χ1v) is 25.4. The van der Waals surface area contributed by atoms with Crippen molar-refractivity contribution < 1.29 is 19.5 Å². The maximum absolute atomic E-state index is 4.11. The SMILES string of the molecule is CC(C)[Si](C#Cc1c2cc3ccccc3cc2c(C#C[Si](C(C)C)(C(C)C)C(C)C)c2cc3ccccc3cc12)(C(C)C)C(C)C.[Rh+2].c1cc[cH-]c1.c1cc[cH-]c1. The van der Waals surface area contributed by atoms with Crippen molar-refractivity contribution in [3.63, 3.8) is 0 Å². The maximum Gasteiger partial charge on any atom is 2.00 e. The van der Waals surface area contributed by atoms with Gasteiger partial charge >= 0.3 is 19.5 Å². The van der Waals surface area contributed by atoms with Crippen molar-refractivity contribution in [2.75, 3.05) is 0 Å². The third kappa shape index (κ3) is 9.67. The molecule has 1 radical (unpaired) electrons. The monoisotopic (exact) mass is 871 g/mol. The quantitative estimate of drug-likeness (QED) is 0.0676. The van der Waals surface area contributed by atoms with Gasteiger partial charge in [0, 0.05) is 11.1 Å². The van der Waals surface area contributed by atoms with E-state index in [1.54, 1.807) is 0 Å². The smallest absolute Gasteiger partial charge is 0.214 e.